The van der Waals surface area contributed by atoms with Crippen LogP contribution in [0.1, 0.15) is 31.9 Å². The molecule has 4 heteroatoms. The van der Waals surface area contributed by atoms with Crippen LogP contribution in [0.2, 0.25) is 5.02 Å². The fourth-order valence-electron chi connectivity index (χ4n) is 2.13. The van der Waals surface area contributed by atoms with Crippen molar-refractivity contribution in [3.63, 3.8) is 0 Å². The monoisotopic (exact) mass is 317 g/mol. The number of ether oxygens (including phenoxy) is 1. The van der Waals surface area contributed by atoms with Crippen molar-refractivity contribution in [2.75, 3.05) is 0 Å². The topological polar surface area (TPSA) is 38.3 Å². The maximum atomic E-state index is 12.4. The van der Waals surface area contributed by atoms with E-state index in [2.05, 4.69) is 5.32 Å². The summed E-state index contributed by atoms with van der Waals surface area (Å²) in [6, 6.07) is 16.8. The Bertz CT molecular complexity index is 598. The van der Waals surface area contributed by atoms with E-state index in [4.69, 9.17) is 16.3 Å². The van der Waals surface area contributed by atoms with Crippen LogP contribution in [0.25, 0.3) is 0 Å². The smallest absolute Gasteiger partial charge is 0.261 e. The Morgan fingerprint density at radius 1 is 1.14 bits per heavy atom. The summed E-state index contributed by atoms with van der Waals surface area (Å²) in [7, 11) is 0. The molecule has 22 heavy (non-hydrogen) atoms. The van der Waals surface area contributed by atoms with Gasteiger partial charge in [0.15, 0.2) is 6.10 Å². The molecule has 3 nitrogen and oxygen atoms in total. The Morgan fingerprint density at radius 3 is 2.36 bits per heavy atom. The number of halogens is 1. The summed E-state index contributed by atoms with van der Waals surface area (Å²) < 4.78 is 5.75. The van der Waals surface area contributed by atoms with Crippen LogP contribution in [0, 0.1) is 0 Å². The first-order valence-corrected chi connectivity index (χ1v) is 7.75. The normalized spacial score (nSPS) is 13.2. The second-order valence-electron chi connectivity index (χ2n) is 5.11. The lowest BCUT2D eigenvalue weighted by Crippen LogP contribution is -2.39. The number of benzene rings is 2. The molecule has 0 aliphatic rings. The van der Waals surface area contributed by atoms with Crippen molar-refractivity contribution in [3.05, 3.63) is 65.2 Å². The summed E-state index contributed by atoms with van der Waals surface area (Å²) in [5.41, 5.74) is 1.07. The molecular formula is C18H20ClNO2. The Labute approximate surface area is 136 Å². The van der Waals surface area contributed by atoms with Crippen molar-refractivity contribution < 1.29 is 9.53 Å². The highest BCUT2D eigenvalue weighted by Crippen LogP contribution is 2.18. The molecule has 0 heterocycles. The van der Waals surface area contributed by atoms with E-state index in [0.717, 1.165) is 5.56 Å². The summed E-state index contributed by atoms with van der Waals surface area (Å²) in [6.07, 6.45) is 0.0722. The fourth-order valence-corrected chi connectivity index (χ4v) is 2.26. The Kier molecular flexibility index (Phi) is 5.84. The highest BCUT2D eigenvalue weighted by Gasteiger charge is 2.20. The van der Waals surface area contributed by atoms with Crippen LogP contribution >= 0.6 is 11.6 Å². The summed E-state index contributed by atoms with van der Waals surface area (Å²) in [5, 5.41) is 3.63. The third kappa shape index (κ3) is 4.50. The van der Waals surface area contributed by atoms with Crippen LogP contribution in [0.3, 0.4) is 0 Å². The number of hydrogen-bond donors (Lipinski definition) is 1. The molecular weight excluding hydrogens is 298 g/mol. The number of hydrogen-bond acceptors (Lipinski definition) is 2. The molecule has 1 N–H and O–H groups in total. The second kappa shape index (κ2) is 7.85. The average molecular weight is 318 g/mol. The van der Waals surface area contributed by atoms with E-state index in [0.29, 0.717) is 17.2 Å². The van der Waals surface area contributed by atoms with Crippen molar-refractivity contribution in [2.45, 2.75) is 32.4 Å². The molecule has 0 aromatic heterocycles. The van der Waals surface area contributed by atoms with Gasteiger partial charge in [0.25, 0.3) is 5.91 Å². The quantitative estimate of drug-likeness (QED) is 0.859. The molecule has 116 valence electrons. The minimum atomic E-state index is -0.521. The molecule has 0 saturated heterocycles. The SMILES string of the molecule is CC[C@@H](Oc1ccc(Cl)cc1)C(=O)N[C@@H](C)c1ccccc1. The largest absolute Gasteiger partial charge is 0.481 e. The minimum Gasteiger partial charge on any atom is -0.481 e. The number of carbonyl (C=O) groups excluding carboxylic acids is 1. The maximum absolute atomic E-state index is 12.4. The van der Waals surface area contributed by atoms with E-state index in [1.807, 2.05) is 44.2 Å². The summed E-state index contributed by atoms with van der Waals surface area (Å²) in [4.78, 5) is 12.4. The Hall–Kier alpha value is -2.00. The molecule has 0 aliphatic carbocycles. The third-order valence-corrected chi connectivity index (χ3v) is 3.67. The van der Waals surface area contributed by atoms with Gasteiger partial charge in [-0.1, -0.05) is 48.9 Å². The minimum absolute atomic E-state index is 0.0587. The van der Waals surface area contributed by atoms with E-state index in [1.54, 1.807) is 24.3 Å². The number of nitrogens with one attached hydrogen (secondary N) is 1. The lowest BCUT2D eigenvalue weighted by molar-refractivity contribution is -0.128. The molecule has 0 fully saturated rings. The van der Waals surface area contributed by atoms with Crippen LogP contribution in [0.15, 0.2) is 54.6 Å². The van der Waals surface area contributed by atoms with E-state index >= 15 is 0 Å². The van der Waals surface area contributed by atoms with Crippen molar-refractivity contribution in [1.29, 1.82) is 0 Å². The zero-order valence-electron chi connectivity index (χ0n) is 12.8. The predicted octanol–water partition coefficient (Wildman–Crippen LogP) is 4.37. The molecule has 0 radical (unpaired) electrons. The number of amides is 1. The lowest BCUT2D eigenvalue weighted by Gasteiger charge is -2.20. The van der Waals surface area contributed by atoms with E-state index < -0.39 is 6.10 Å². The van der Waals surface area contributed by atoms with Gasteiger partial charge in [0.1, 0.15) is 5.75 Å². The van der Waals surface area contributed by atoms with Crippen LogP contribution in [-0.4, -0.2) is 12.0 Å². The van der Waals surface area contributed by atoms with Crippen molar-refractivity contribution in [2.24, 2.45) is 0 Å². The summed E-state index contributed by atoms with van der Waals surface area (Å²) >= 11 is 5.85. The highest BCUT2D eigenvalue weighted by atomic mass is 35.5. The molecule has 0 unspecified atom stereocenters. The Balaban J connectivity index is 1.98. The highest BCUT2D eigenvalue weighted by molar-refractivity contribution is 6.30. The van der Waals surface area contributed by atoms with Gasteiger partial charge in [0.2, 0.25) is 0 Å². The first kappa shape index (κ1) is 16.4. The van der Waals surface area contributed by atoms with Crippen LogP contribution in [0.4, 0.5) is 0 Å². The van der Waals surface area contributed by atoms with E-state index in [1.165, 1.54) is 0 Å². The van der Waals surface area contributed by atoms with Crippen molar-refractivity contribution >= 4 is 17.5 Å². The van der Waals surface area contributed by atoms with Crippen LogP contribution in [0.5, 0.6) is 5.75 Å². The number of carbonyl (C=O) groups is 1. The van der Waals surface area contributed by atoms with Gasteiger partial charge in [-0.2, -0.15) is 0 Å². The van der Waals surface area contributed by atoms with E-state index in [-0.39, 0.29) is 11.9 Å². The zero-order chi connectivity index (χ0) is 15.9. The van der Waals surface area contributed by atoms with Crippen molar-refractivity contribution in [3.8, 4) is 5.75 Å². The predicted molar refractivity (Wildman–Crippen MR) is 89.2 cm³/mol. The summed E-state index contributed by atoms with van der Waals surface area (Å²) in [5.74, 6) is 0.521. The van der Waals surface area contributed by atoms with E-state index in [9.17, 15) is 4.79 Å². The first-order valence-electron chi connectivity index (χ1n) is 7.37. The van der Waals surface area contributed by atoms with Gasteiger partial charge in [0, 0.05) is 5.02 Å². The lowest BCUT2D eigenvalue weighted by atomic mass is 10.1. The third-order valence-electron chi connectivity index (χ3n) is 3.41. The second-order valence-corrected chi connectivity index (χ2v) is 5.55. The summed E-state index contributed by atoms with van der Waals surface area (Å²) in [6.45, 7) is 3.88. The molecule has 2 atom stereocenters. The maximum Gasteiger partial charge on any atom is 0.261 e. The van der Waals surface area contributed by atoms with Gasteiger partial charge in [-0.15, -0.1) is 0 Å². The van der Waals surface area contributed by atoms with Gasteiger partial charge in [-0.05, 0) is 43.2 Å². The molecule has 0 bridgehead atoms. The molecule has 1 amide bonds. The van der Waals surface area contributed by atoms with Crippen LogP contribution < -0.4 is 10.1 Å². The Morgan fingerprint density at radius 2 is 1.77 bits per heavy atom. The van der Waals surface area contributed by atoms with Gasteiger partial charge in [-0.3, -0.25) is 4.79 Å². The van der Waals surface area contributed by atoms with Crippen molar-refractivity contribution in [1.82, 2.24) is 5.32 Å². The van der Waals surface area contributed by atoms with Gasteiger partial charge < -0.3 is 10.1 Å². The fraction of sp³-hybridized carbons (Fsp3) is 0.278. The molecule has 2 aromatic carbocycles. The average Bonchev–Trinajstić information content (AvgIpc) is 2.55. The van der Waals surface area contributed by atoms with Gasteiger partial charge in [0.05, 0.1) is 6.04 Å². The molecule has 0 spiro atoms. The standard InChI is InChI=1S/C18H20ClNO2/c1-3-17(22-16-11-9-15(19)10-12-16)18(21)20-13(2)14-7-5-4-6-8-14/h4-13,17H,3H2,1-2H3,(H,20,21)/t13-,17+/m0/s1. The molecule has 2 rings (SSSR count). The first-order chi connectivity index (χ1) is 10.6. The zero-order valence-corrected chi connectivity index (χ0v) is 13.5. The molecule has 0 saturated carbocycles. The van der Waals surface area contributed by atoms with Gasteiger partial charge >= 0.3 is 0 Å². The van der Waals surface area contributed by atoms with Crippen LogP contribution in [-0.2, 0) is 4.79 Å². The van der Waals surface area contributed by atoms with Gasteiger partial charge in [-0.25, -0.2) is 0 Å². The molecule has 2 aromatic rings. The molecule has 0 aliphatic heterocycles. The number of rotatable bonds is 6.